The van der Waals surface area contributed by atoms with E-state index in [0.29, 0.717) is 6.61 Å². The van der Waals surface area contributed by atoms with Gasteiger partial charge in [-0.05, 0) is 43.7 Å². The molecular formula is C11H14O2S. The van der Waals surface area contributed by atoms with Crippen LogP contribution in [0.1, 0.15) is 35.0 Å². The third-order valence-corrected chi connectivity index (χ3v) is 3.78. The van der Waals surface area contributed by atoms with Crippen LogP contribution in [0.5, 0.6) is 0 Å². The van der Waals surface area contributed by atoms with Gasteiger partial charge in [-0.2, -0.15) is 0 Å². The highest BCUT2D eigenvalue weighted by atomic mass is 32.1. The summed E-state index contributed by atoms with van der Waals surface area (Å²) < 4.78 is 5.54. The third kappa shape index (κ3) is 1.51. The predicted octanol–water partition coefficient (Wildman–Crippen LogP) is 2.81. The molecule has 0 saturated carbocycles. The van der Waals surface area contributed by atoms with Crippen LogP contribution in [0.2, 0.25) is 0 Å². The van der Waals surface area contributed by atoms with Crippen LogP contribution in [0.4, 0.5) is 0 Å². The first-order valence-corrected chi connectivity index (χ1v) is 5.74. The average molecular weight is 210 g/mol. The minimum Gasteiger partial charge on any atom is -0.367 e. The number of ketones is 1. The first-order chi connectivity index (χ1) is 6.63. The van der Waals surface area contributed by atoms with Gasteiger partial charge in [0.05, 0.1) is 4.88 Å². The fraction of sp³-hybridized carbons (Fsp3) is 0.545. The zero-order valence-electron chi connectivity index (χ0n) is 8.50. The van der Waals surface area contributed by atoms with Crippen LogP contribution in [0, 0.1) is 6.92 Å². The molecule has 3 heteroatoms. The van der Waals surface area contributed by atoms with Gasteiger partial charge in [-0.1, -0.05) is 0 Å². The molecule has 0 spiro atoms. The number of hydrogen-bond donors (Lipinski definition) is 0. The van der Waals surface area contributed by atoms with Crippen molar-refractivity contribution in [1.29, 1.82) is 0 Å². The molecule has 0 aromatic carbocycles. The molecule has 0 bridgehead atoms. The summed E-state index contributed by atoms with van der Waals surface area (Å²) in [7, 11) is 0. The topological polar surface area (TPSA) is 26.3 Å². The monoisotopic (exact) mass is 210 g/mol. The predicted molar refractivity (Wildman–Crippen MR) is 57.0 cm³/mol. The lowest BCUT2D eigenvalue weighted by Gasteiger charge is -2.20. The lowest BCUT2D eigenvalue weighted by molar-refractivity contribution is 0.0217. The summed E-state index contributed by atoms with van der Waals surface area (Å²) in [6, 6.07) is 1.98. The molecule has 1 aromatic heterocycles. The Labute approximate surface area is 87.9 Å². The van der Waals surface area contributed by atoms with Gasteiger partial charge in [0.25, 0.3) is 0 Å². The van der Waals surface area contributed by atoms with Gasteiger partial charge >= 0.3 is 0 Å². The second kappa shape index (κ2) is 3.48. The second-order valence-corrected chi connectivity index (χ2v) is 4.86. The molecule has 0 aliphatic carbocycles. The van der Waals surface area contributed by atoms with Crippen LogP contribution in [0.3, 0.4) is 0 Å². The Morgan fingerprint density at radius 1 is 1.64 bits per heavy atom. The summed E-state index contributed by atoms with van der Waals surface area (Å²) >= 11 is 1.51. The minimum atomic E-state index is -0.560. The first-order valence-electron chi connectivity index (χ1n) is 4.86. The van der Waals surface area contributed by atoms with Crippen molar-refractivity contribution in [1.82, 2.24) is 0 Å². The zero-order chi connectivity index (χ0) is 10.2. The Morgan fingerprint density at radius 2 is 2.43 bits per heavy atom. The minimum absolute atomic E-state index is 0.155. The Morgan fingerprint density at radius 3 is 2.93 bits per heavy atom. The van der Waals surface area contributed by atoms with Gasteiger partial charge in [-0.3, -0.25) is 4.79 Å². The van der Waals surface area contributed by atoms with E-state index in [1.165, 1.54) is 11.3 Å². The largest absolute Gasteiger partial charge is 0.367 e. The lowest BCUT2D eigenvalue weighted by atomic mass is 9.95. The summed E-state index contributed by atoms with van der Waals surface area (Å²) in [6.45, 7) is 4.59. The second-order valence-electron chi connectivity index (χ2n) is 3.94. The van der Waals surface area contributed by atoms with Gasteiger partial charge in [0.1, 0.15) is 5.60 Å². The highest BCUT2D eigenvalue weighted by molar-refractivity contribution is 7.12. The molecule has 0 N–H and O–H groups in total. The number of carbonyl (C=O) groups is 1. The van der Waals surface area contributed by atoms with Crippen molar-refractivity contribution in [2.24, 2.45) is 0 Å². The number of thiophene rings is 1. The number of Topliss-reactive ketones (excluding diaryl/α,β-unsaturated/α-hetero) is 1. The van der Waals surface area contributed by atoms with E-state index >= 15 is 0 Å². The van der Waals surface area contributed by atoms with Gasteiger partial charge in [0.2, 0.25) is 5.78 Å². The summed E-state index contributed by atoms with van der Waals surface area (Å²) in [6.07, 6.45) is 1.84. The van der Waals surface area contributed by atoms with Crippen LogP contribution >= 0.6 is 11.3 Å². The highest BCUT2D eigenvalue weighted by Gasteiger charge is 2.39. The van der Waals surface area contributed by atoms with Crippen molar-refractivity contribution < 1.29 is 9.53 Å². The van der Waals surface area contributed by atoms with Gasteiger partial charge in [0.15, 0.2) is 0 Å². The molecule has 1 aromatic rings. The maximum atomic E-state index is 12.1. The molecule has 1 unspecified atom stereocenters. The number of aryl methyl sites for hydroxylation is 1. The molecule has 1 aliphatic heterocycles. The lowest BCUT2D eigenvalue weighted by Crippen LogP contribution is -2.34. The standard InChI is InChI=1S/C11H14O2S/c1-8-4-7-14-9(8)10(12)11(2)5-3-6-13-11/h4,7H,3,5-6H2,1-2H3. The van der Waals surface area contributed by atoms with E-state index in [9.17, 15) is 4.79 Å². The fourth-order valence-electron chi connectivity index (χ4n) is 1.80. The molecule has 76 valence electrons. The van der Waals surface area contributed by atoms with E-state index < -0.39 is 5.60 Å². The van der Waals surface area contributed by atoms with Crippen molar-refractivity contribution in [3.8, 4) is 0 Å². The van der Waals surface area contributed by atoms with E-state index in [1.807, 2.05) is 25.3 Å². The molecule has 14 heavy (non-hydrogen) atoms. The van der Waals surface area contributed by atoms with E-state index in [-0.39, 0.29) is 5.78 Å². The molecule has 1 fully saturated rings. The molecule has 1 saturated heterocycles. The first kappa shape index (κ1) is 9.87. The quantitative estimate of drug-likeness (QED) is 0.702. The smallest absolute Gasteiger partial charge is 0.204 e. The Kier molecular flexibility index (Phi) is 2.45. The number of carbonyl (C=O) groups excluding carboxylic acids is 1. The Hall–Kier alpha value is -0.670. The molecule has 2 heterocycles. The molecule has 0 radical (unpaired) electrons. The number of hydrogen-bond acceptors (Lipinski definition) is 3. The van der Waals surface area contributed by atoms with Crippen LogP contribution < -0.4 is 0 Å². The molecule has 2 rings (SSSR count). The van der Waals surface area contributed by atoms with Crippen LogP contribution in [0.25, 0.3) is 0 Å². The van der Waals surface area contributed by atoms with Crippen molar-refractivity contribution >= 4 is 17.1 Å². The zero-order valence-corrected chi connectivity index (χ0v) is 9.32. The van der Waals surface area contributed by atoms with E-state index in [4.69, 9.17) is 4.74 Å². The molecule has 1 aliphatic rings. The molecule has 1 atom stereocenters. The summed E-state index contributed by atoms with van der Waals surface area (Å²) in [5.74, 6) is 0.155. The summed E-state index contributed by atoms with van der Waals surface area (Å²) in [5.41, 5.74) is 0.507. The van der Waals surface area contributed by atoms with E-state index in [1.54, 1.807) is 0 Å². The van der Waals surface area contributed by atoms with E-state index in [2.05, 4.69) is 0 Å². The SMILES string of the molecule is Cc1ccsc1C(=O)C1(C)CCCO1. The molecule has 2 nitrogen and oxygen atoms in total. The van der Waals surface area contributed by atoms with Gasteiger partial charge in [-0.15, -0.1) is 11.3 Å². The van der Waals surface area contributed by atoms with Gasteiger partial charge < -0.3 is 4.74 Å². The number of ether oxygens (including phenoxy) is 1. The van der Waals surface area contributed by atoms with Gasteiger partial charge in [0, 0.05) is 6.61 Å². The van der Waals surface area contributed by atoms with Crippen LogP contribution in [0.15, 0.2) is 11.4 Å². The van der Waals surface area contributed by atoms with Crippen molar-refractivity contribution in [2.75, 3.05) is 6.61 Å². The normalized spacial score (nSPS) is 26.7. The average Bonchev–Trinajstić information content (AvgIpc) is 2.74. The summed E-state index contributed by atoms with van der Waals surface area (Å²) in [5, 5.41) is 1.96. The fourth-order valence-corrected chi connectivity index (χ4v) is 2.79. The third-order valence-electron chi connectivity index (χ3n) is 2.77. The van der Waals surface area contributed by atoms with Crippen molar-refractivity contribution in [2.45, 2.75) is 32.3 Å². The number of rotatable bonds is 2. The van der Waals surface area contributed by atoms with Gasteiger partial charge in [-0.25, -0.2) is 0 Å². The van der Waals surface area contributed by atoms with Crippen LogP contribution in [-0.2, 0) is 4.74 Å². The maximum absolute atomic E-state index is 12.1. The maximum Gasteiger partial charge on any atom is 0.204 e. The highest BCUT2D eigenvalue weighted by Crippen LogP contribution is 2.31. The Balaban J connectivity index is 2.28. The summed E-state index contributed by atoms with van der Waals surface area (Å²) in [4.78, 5) is 13.0. The van der Waals surface area contributed by atoms with Crippen molar-refractivity contribution in [3.63, 3.8) is 0 Å². The molecule has 0 amide bonds. The Bertz CT molecular complexity index is 348. The van der Waals surface area contributed by atoms with Crippen molar-refractivity contribution in [3.05, 3.63) is 21.9 Å². The van der Waals surface area contributed by atoms with E-state index in [0.717, 1.165) is 23.3 Å². The molecular weight excluding hydrogens is 196 g/mol. The van der Waals surface area contributed by atoms with Crippen LogP contribution in [-0.4, -0.2) is 18.0 Å².